The number of ether oxygens (including phenoxy) is 2. The second-order valence-electron chi connectivity index (χ2n) is 5.25. The van der Waals surface area contributed by atoms with Crippen LogP contribution in [0, 0.1) is 0 Å². The van der Waals surface area contributed by atoms with Gasteiger partial charge in [0, 0.05) is 34.2 Å². The van der Waals surface area contributed by atoms with Crippen LogP contribution in [0.15, 0.2) is 71.9 Å². The van der Waals surface area contributed by atoms with Gasteiger partial charge in [-0.3, -0.25) is 4.98 Å². The minimum atomic E-state index is 0.858. The molecule has 3 aromatic rings. The molecule has 0 aliphatic heterocycles. The summed E-state index contributed by atoms with van der Waals surface area (Å²) in [6.07, 6.45) is 3.77. The maximum Gasteiger partial charge on any atom is 0.126 e. The lowest BCUT2D eigenvalue weighted by atomic mass is 10.1. The molecule has 1 heterocycles. The molecule has 0 fully saturated rings. The monoisotopic (exact) mass is 337 g/mol. The molecule has 0 aliphatic carbocycles. The minimum Gasteiger partial charge on any atom is -0.497 e. The third kappa shape index (κ3) is 3.89. The van der Waals surface area contributed by atoms with Crippen LogP contribution in [-0.2, 0) is 5.75 Å². The summed E-state index contributed by atoms with van der Waals surface area (Å²) in [6.45, 7) is 0. The lowest BCUT2D eigenvalue weighted by Gasteiger charge is -2.09. The van der Waals surface area contributed by atoms with Gasteiger partial charge in [-0.25, -0.2) is 0 Å². The zero-order chi connectivity index (χ0) is 16.8. The normalized spacial score (nSPS) is 10.4. The first kappa shape index (κ1) is 16.4. The first-order valence-corrected chi connectivity index (χ1v) is 8.63. The van der Waals surface area contributed by atoms with Gasteiger partial charge in [0.05, 0.1) is 14.2 Å². The fraction of sp³-hybridized carbons (Fsp3) is 0.150. The SMILES string of the molecule is COc1ccc(CSc2cncc(-c3ccccc3OC)c2)cc1. The highest BCUT2D eigenvalue weighted by Gasteiger charge is 2.06. The van der Waals surface area contributed by atoms with Gasteiger partial charge >= 0.3 is 0 Å². The largest absolute Gasteiger partial charge is 0.497 e. The van der Waals surface area contributed by atoms with E-state index in [2.05, 4.69) is 23.2 Å². The Kier molecular flexibility index (Phi) is 5.39. The highest BCUT2D eigenvalue weighted by Crippen LogP contribution is 2.32. The zero-order valence-electron chi connectivity index (χ0n) is 13.7. The van der Waals surface area contributed by atoms with Gasteiger partial charge in [-0.15, -0.1) is 11.8 Å². The number of hydrogen-bond acceptors (Lipinski definition) is 4. The number of aromatic nitrogens is 1. The van der Waals surface area contributed by atoms with E-state index in [1.54, 1.807) is 26.0 Å². The molecule has 0 aliphatic rings. The Morgan fingerprint density at radius 2 is 1.71 bits per heavy atom. The molecule has 0 N–H and O–H groups in total. The summed E-state index contributed by atoms with van der Waals surface area (Å²) < 4.78 is 10.6. The number of nitrogens with zero attached hydrogens (tertiary/aromatic N) is 1. The highest BCUT2D eigenvalue weighted by molar-refractivity contribution is 7.98. The highest BCUT2D eigenvalue weighted by atomic mass is 32.2. The van der Waals surface area contributed by atoms with E-state index in [1.165, 1.54) is 5.56 Å². The van der Waals surface area contributed by atoms with E-state index in [4.69, 9.17) is 9.47 Å². The fourth-order valence-corrected chi connectivity index (χ4v) is 3.29. The van der Waals surface area contributed by atoms with Crippen molar-refractivity contribution in [3.8, 4) is 22.6 Å². The quantitative estimate of drug-likeness (QED) is 0.589. The van der Waals surface area contributed by atoms with Crippen LogP contribution in [0.3, 0.4) is 0 Å². The van der Waals surface area contributed by atoms with Crippen molar-refractivity contribution >= 4 is 11.8 Å². The van der Waals surface area contributed by atoms with Gasteiger partial charge in [0.25, 0.3) is 0 Å². The molecule has 122 valence electrons. The van der Waals surface area contributed by atoms with E-state index in [0.29, 0.717) is 0 Å². The van der Waals surface area contributed by atoms with Crippen LogP contribution in [0.1, 0.15) is 5.56 Å². The van der Waals surface area contributed by atoms with Gasteiger partial charge < -0.3 is 9.47 Å². The Bertz CT molecular complexity index is 803. The van der Waals surface area contributed by atoms with Gasteiger partial charge in [-0.1, -0.05) is 30.3 Å². The lowest BCUT2D eigenvalue weighted by molar-refractivity contribution is 0.414. The van der Waals surface area contributed by atoms with Crippen molar-refractivity contribution in [3.05, 3.63) is 72.6 Å². The van der Waals surface area contributed by atoms with Crippen LogP contribution in [0.5, 0.6) is 11.5 Å². The second-order valence-corrected chi connectivity index (χ2v) is 6.30. The van der Waals surface area contributed by atoms with Gasteiger partial charge in [-0.2, -0.15) is 0 Å². The second kappa shape index (κ2) is 7.88. The summed E-state index contributed by atoms with van der Waals surface area (Å²) in [4.78, 5) is 5.51. The Morgan fingerprint density at radius 1 is 0.917 bits per heavy atom. The molecule has 2 aromatic carbocycles. The Labute approximate surface area is 146 Å². The third-order valence-electron chi connectivity index (χ3n) is 3.70. The van der Waals surface area contributed by atoms with Crippen molar-refractivity contribution in [2.24, 2.45) is 0 Å². The molecule has 0 spiro atoms. The van der Waals surface area contributed by atoms with Gasteiger partial charge in [-0.05, 0) is 29.8 Å². The van der Waals surface area contributed by atoms with Gasteiger partial charge in [0.2, 0.25) is 0 Å². The smallest absolute Gasteiger partial charge is 0.126 e. The molecular formula is C20H19NO2S. The molecule has 24 heavy (non-hydrogen) atoms. The van der Waals surface area contributed by atoms with Gasteiger partial charge in [0.15, 0.2) is 0 Å². The number of methoxy groups -OCH3 is 2. The zero-order valence-corrected chi connectivity index (χ0v) is 14.5. The number of rotatable bonds is 6. The molecule has 4 heteroatoms. The van der Waals surface area contributed by atoms with Crippen LogP contribution >= 0.6 is 11.8 Å². The first-order chi connectivity index (χ1) is 11.8. The van der Waals surface area contributed by atoms with Crippen LogP contribution < -0.4 is 9.47 Å². The average Bonchev–Trinajstić information content (AvgIpc) is 2.67. The van der Waals surface area contributed by atoms with E-state index in [9.17, 15) is 0 Å². The van der Waals surface area contributed by atoms with Crippen LogP contribution in [0.2, 0.25) is 0 Å². The van der Waals surface area contributed by atoms with Crippen molar-refractivity contribution in [1.29, 1.82) is 0 Å². The Morgan fingerprint density at radius 3 is 2.46 bits per heavy atom. The number of benzene rings is 2. The molecule has 0 radical (unpaired) electrons. The molecule has 0 amide bonds. The molecular weight excluding hydrogens is 318 g/mol. The number of hydrogen-bond donors (Lipinski definition) is 0. The average molecular weight is 337 g/mol. The van der Waals surface area contributed by atoms with E-state index in [0.717, 1.165) is 33.3 Å². The molecule has 1 aromatic heterocycles. The van der Waals surface area contributed by atoms with Crippen LogP contribution in [-0.4, -0.2) is 19.2 Å². The van der Waals surface area contributed by atoms with Crippen molar-refractivity contribution in [2.75, 3.05) is 14.2 Å². The predicted molar refractivity (Wildman–Crippen MR) is 98.8 cm³/mol. The predicted octanol–water partition coefficient (Wildman–Crippen LogP) is 5.06. The Balaban J connectivity index is 1.75. The Hall–Kier alpha value is -2.46. The maximum atomic E-state index is 5.44. The first-order valence-electron chi connectivity index (χ1n) is 7.64. The summed E-state index contributed by atoms with van der Waals surface area (Å²) in [6, 6.07) is 18.3. The molecule has 3 rings (SSSR count). The number of pyridine rings is 1. The van der Waals surface area contributed by atoms with Crippen LogP contribution in [0.25, 0.3) is 11.1 Å². The molecule has 0 saturated heterocycles. The summed E-state index contributed by atoms with van der Waals surface area (Å²) in [7, 11) is 3.37. The van der Waals surface area contributed by atoms with Crippen molar-refractivity contribution in [1.82, 2.24) is 4.98 Å². The molecule has 0 saturated carbocycles. The summed E-state index contributed by atoms with van der Waals surface area (Å²) in [5.74, 6) is 2.63. The number of para-hydroxylation sites is 1. The summed E-state index contributed by atoms with van der Waals surface area (Å²) in [5, 5.41) is 0. The third-order valence-corrected chi connectivity index (χ3v) is 4.73. The van der Waals surface area contributed by atoms with E-state index in [-0.39, 0.29) is 0 Å². The maximum absolute atomic E-state index is 5.44. The molecule has 0 bridgehead atoms. The van der Waals surface area contributed by atoms with Crippen molar-refractivity contribution in [2.45, 2.75) is 10.6 Å². The van der Waals surface area contributed by atoms with E-state index >= 15 is 0 Å². The topological polar surface area (TPSA) is 31.4 Å². The minimum absolute atomic E-state index is 0.858. The van der Waals surface area contributed by atoms with Crippen molar-refractivity contribution in [3.63, 3.8) is 0 Å². The molecule has 3 nitrogen and oxygen atoms in total. The van der Waals surface area contributed by atoms with Crippen molar-refractivity contribution < 1.29 is 9.47 Å². The lowest BCUT2D eigenvalue weighted by Crippen LogP contribution is -1.89. The summed E-state index contributed by atoms with van der Waals surface area (Å²) in [5.41, 5.74) is 3.37. The van der Waals surface area contributed by atoms with E-state index in [1.807, 2.05) is 48.8 Å². The fourth-order valence-electron chi connectivity index (χ4n) is 2.42. The number of thioether (sulfide) groups is 1. The molecule has 0 unspecified atom stereocenters. The van der Waals surface area contributed by atoms with E-state index < -0.39 is 0 Å². The van der Waals surface area contributed by atoms with Gasteiger partial charge in [0.1, 0.15) is 11.5 Å². The summed E-state index contributed by atoms with van der Waals surface area (Å²) >= 11 is 1.77. The standard InChI is InChI=1S/C20H19NO2S/c1-22-17-9-7-15(8-10-17)14-24-18-11-16(12-21-13-18)19-5-3-4-6-20(19)23-2/h3-13H,14H2,1-2H3. The van der Waals surface area contributed by atoms with Crippen LogP contribution in [0.4, 0.5) is 0 Å². The molecule has 0 atom stereocenters.